The predicted molar refractivity (Wildman–Crippen MR) is 84.0 cm³/mol. The zero-order chi connectivity index (χ0) is 16.3. The first kappa shape index (κ1) is 17.1. The molecule has 1 aromatic carbocycles. The normalized spacial score (nSPS) is 19.6. The van der Waals surface area contributed by atoms with E-state index in [1.807, 2.05) is 0 Å². The first-order valence-electron chi connectivity index (χ1n) is 6.50. The van der Waals surface area contributed by atoms with E-state index in [-0.39, 0.29) is 28.6 Å². The third-order valence-corrected chi connectivity index (χ3v) is 5.50. The Labute approximate surface area is 138 Å². The summed E-state index contributed by atoms with van der Waals surface area (Å²) in [5, 5.41) is 5.60. The number of carbonyl (C=O) groups excluding carboxylic acids is 2. The summed E-state index contributed by atoms with van der Waals surface area (Å²) in [6.07, 6.45) is 0.394. The van der Waals surface area contributed by atoms with Crippen LogP contribution in [0.4, 0.5) is 0 Å². The third kappa shape index (κ3) is 4.59. The first-order valence-corrected chi connectivity index (χ1v) is 9.07. The van der Waals surface area contributed by atoms with Crippen LogP contribution in [0.5, 0.6) is 0 Å². The van der Waals surface area contributed by atoms with Gasteiger partial charge in [0.1, 0.15) is 0 Å². The predicted octanol–water partition coefficient (Wildman–Crippen LogP) is 1.03. The van der Waals surface area contributed by atoms with Crippen LogP contribution in [0.2, 0.25) is 10.0 Å². The minimum absolute atomic E-state index is 0.0598. The van der Waals surface area contributed by atoms with Gasteiger partial charge in [-0.2, -0.15) is 0 Å². The van der Waals surface area contributed by atoms with Gasteiger partial charge >= 0.3 is 0 Å². The van der Waals surface area contributed by atoms with Crippen molar-refractivity contribution >= 4 is 44.9 Å². The van der Waals surface area contributed by atoms with Crippen LogP contribution in [0.25, 0.3) is 0 Å². The minimum atomic E-state index is -3.06. The molecular formula is C13H14Cl2N2O4S. The molecule has 0 radical (unpaired) electrons. The maximum atomic E-state index is 11.9. The van der Waals surface area contributed by atoms with E-state index in [1.165, 1.54) is 18.2 Å². The van der Waals surface area contributed by atoms with Gasteiger partial charge in [0.15, 0.2) is 9.84 Å². The summed E-state index contributed by atoms with van der Waals surface area (Å²) in [6.45, 7) is -0.256. The van der Waals surface area contributed by atoms with Crippen LogP contribution >= 0.6 is 23.2 Å². The average Bonchev–Trinajstić information content (AvgIpc) is 2.75. The Morgan fingerprint density at radius 2 is 2.00 bits per heavy atom. The van der Waals surface area contributed by atoms with Crippen LogP contribution in [0, 0.1) is 0 Å². The number of amides is 2. The van der Waals surface area contributed by atoms with Gasteiger partial charge in [-0.25, -0.2) is 8.42 Å². The maximum Gasteiger partial charge on any atom is 0.253 e. The fourth-order valence-corrected chi connectivity index (χ4v) is 4.28. The second kappa shape index (κ2) is 6.85. The molecule has 6 nitrogen and oxygen atoms in total. The summed E-state index contributed by atoms with van der Waals surface area (Å²) < 4.78 is 22.6. The molecule has 0 aromatic heterocycles. The number of carbonyl (C=O) groups is 2. The molecule has 1 fully saturated rings. The van der Waals surface area contributed by atoms with Crippen molar-refractivity contribution < 1.29 is 18.0 Å². The van der Waals surface area contributed by atoms with E-state index in [0.717, 1.165) is 0 Å². The number of hydrogen-bond donors (Lipinski definition) is 2. The molecule has 0 aliphatic carbocycles. The van der Waals surface area contributed by atoms with Gasteiger partial charge in [-0.05, 0) is 24.6 Å². The number of sulfone groups is 1. The fourth-order valence-electron chi connectivity index (χ4n) is 2.12. The minimum Gasteiger partial charge on any atom is -0.351 e. The summed E-state index contributed by atoms with van der Waals surface area (Å²) in [7, 11) is -3.06. The van der Waals surface area contributed by atoms with Gasteiger partial charge in [0, 0.05) is 11.1 Å². The quantitative estimate of drug-likeness (QED) is 0.834. The molecular weight excluding hydrogens is 351 g/mol. The lowest BCUT2D eigenvalue weighted by atomic mass is 10.2. The third-order valence-electron chi connectivity index (χ3n) is 3.18. The summed E-state index contributed by atoms with van der Waals surface area (Å²) in [4.78, 5) is 23.6. The summed E-state index contributed by atoms with van der Waals surface area (Å²) in [5.74, 6) is -0.934. The van der Waals surface area contributed by atoms with Crippen LogP contribution in [-0.2, 0) is 14.6 Å². The Kier molecular flexibility index (Phi) is 5.31. The highest BCUT2D eigenvalue weighted by atomic mass is 35.5. The van der Waals surface area contributed by atoms with E-state index in [1.54, 1.807) is 0 Å². The van der Waals surface area contributed by atoms with E-state index in [4.69, 9.17) is 23.2 Å². The van der Waals surface area contributed by atoms with Gasteiger partial charge in [0.05, 0.1) is 28.6 Å². The van der Waals surface area contributed by atoms with Crippen LogP contribution in [-0.4, -0.2) is 44.3 Å². The van der Waals surface area contributed by atoms with E-state index in [9.17, 15) is 18.0 Å². The Morgan fingerprint density at radius 1 is 1.27 bits per heavy atom. The van der Waals surface area contributed by atoms with E-state index in [2.05, 4.69) is 10.6 Å². The fraction of sp³-hybridized carbons (Fsp3) is 0.385. The summed E-state index contributed by atoms with van der Waals surface area (Å²) in [6, 6.07) is 4.02. The first-order chi connectivity index (χ1) is 10.3. The second-order valence-corrected chi connectivity index (χ2v) is 8.05. The van der Waals surface area contributed by atoms with Crippen LogP contribution in [0.15, 0.2) is 18.2 Å². The van der Waals surface area contributed by atoms with Crippen molar-refractivity contribution in [2.24, 2.45) is 0 Å². The van der Waals surface area contributed by atoms with E-state index in [0.29, 0.717) is 11.4 Å². The molecule has 22 heavy (non-hydrogen) atoms. The van der Waals surface area contributed by atoms with Crippen molar-refractivity contribution in [3.05, 3.63) is 33.8 Å². The molecule has 9 heteroatoms. The molecule has 1 atom stereocenters. The number of halogens is 2. The second-order valence-electron chi connectivity index (χ2n) is 4.97. The van der Waals surface area contributed by atoms with Crippen molar-refractivity contribution in [3.63, 3.8) is 0 Å². The van der Waals surface area contributed by atoms with Crippen LogP contribution < -0.4 is 10.6 Å². The largest absolute Gasteiger partial charge is 0.351 e. The molecule has 1 aromatic rings. The van der Waals surface area contributed by atoms with Crippen molar-refractivity contribution in [2.75, 3.05) is 18.1 Å². The lowest BCUT2D eigenvalue weighted by molar-refractivity contribution is -0.120. The Balaban J connectivity index is 1.84. The molecule has 120 valence electrons. The molecule has 0 spiro atoms. The van der Waals surface area contributed by atoms with Crippen molar-refractivity contribution in [2.45, 2.75) is 12.5 Å². The number of benzene rings is 1. The molecule has 0 saturated carbocycles. The number of rotatable bonds is 4. The highest BCUT2D eigenvalue weighted by Crippen LogP contribution is 2.20. The zero-order valence-corrected chi connectivity index (χ0v) is 13.8. The topological polar surface area (TPSA) is 92.3 Å². The highest BCUT2D eigenvalue weighted by molar-refractivity contribution is 7.91. The number of nitrogens with one attached hydrogen (secondary N) is 2. The molecule has 2 amide bonds. The molecule has 1 aliphatic heterocycles. The molecule has 0 unspecified atom stereocenters. The van der Waals surface area contributed by atoms with Crippen molar-refractivity contribution in [3.8, 4) is 0 Å². The molecule has 2 N–H and O–H groups in total. The molecule has 0 bridgehead atoms. The van der Waals surface area contributed by atoms with Gasteiger partial charge < -0.3 is 10.6 Å². The van der Waals surface area contributed by atoms with Crippen molar-refractivity contribution in [1.82, 2.24) is 10.6 Å². The van der Waals surface area contributed by atoms with Gasteiger partial charge in [-0.3, -0.25) is 9.59 Å². The van der Waals surface area contributed by atoms with E-state index < -0.39 is 27.7 Å². The standard InChI is InChI=1S/C13H14Cl2N2O4S/c14-8-1-2-10(11(15)5-8)13(19)16-6-12(18)17-9-3-4-22(20,21)7-9/h1-2,5,9H,3-4,6-7H2,(H,16,19)(H,17,18)/t9-/m1/s1. The van der Waals surface area contributed by atoms with Gasteiger partial charge in [-0.1, -0.05) is 23.2 Å². The Hall–Kier alpha value is -1.31. The van der Waals surface area contributed by atoms with Crippen LogP contribution in [0.1, 0.15) is 16.8 Å². The SMILES string of the molecule is O=C(CNC(=O)c1ccc(Cl)cc1Cl)N[C@@H]1CCS(=O)(=O)C1. The molecule has 2 rings (SSSR count). The van der Waals surface area contributed by atoms with Gasteiger partial charge in [0.25, 0.3) is 5.91 Å². The summed E-state index contributed by atoms with van der Waals surface area (Å²) in [5.41, 5.74) is 0.210. The maximum absolute atomic E-state index is 11.9. The highest BCUT2D eigenvalue weighted by Gasteiger charge is 2.28. The number of hydrogen-bond acceptors (Lipinski definition) is 4. The monoisotopic (exact) mass is 364 g/mol. The lowest BCUT2D eigenvalue weighted by Gasteiger charge is -2.11. The smallest absolute Gasteiger partial charge is 0.253 e. The average molecular weight is 365 g/mol. The van der Waals surface area contributed by atoms with E-state index >= 15 is 0 Å². The zero-order valence-electron chi connectivity index (χ0n) is 11.4. The van der Waals surface area contributed by atoms with Gasteiger partial charge in [0.2, 0.25) is 5.91 Å². The molecule has 1 aliphatic rings. The van der Waals surface area contributed by atoms with Crippen molar-refractivity contribution in [1.29, 1.82) is 0 Å². The molecule has 1 heterocycles. The Morgan fingerprint density at radius 3 is 2.59 bits per heavy atom. The summed E-state index contributed by atoms with van der Waals surface area (Å²) >= 11 is 11.6. The Bertz CT molecular complexity index is 706. The lowest BCUT2D eigenvalue weighted by Crippen LogP contribution is -2.42. The molecule has 1 saturated heterocycles. The van der Waals surface area contributed by atoms with Gasteiger partial charge in [-0.15, -0.1) is 0 Å². The van der Waals surface area contributed by atoms with Crippen LogP contribution in [0.3, 0.4) is 0 Å².